The second-order valence-corrected chi connectivity index (χ2v) is 8.79. The van der Waals surface area contributed by atoms with E-state index in [-0.39, 0.29) is 23.2 Å². The Morgan fingerprint density at radius 3 is 2.60 bits per heavy atom. The number of aryl methyl sites for hydroxylation is 1. The Kier molecular flexibility index (Phi) is 5.60. The molecule has 0 unspecified atom stereocenters. The predicted molar refractivity (Wildman–Crippen MR) is 119 cm³/mol. The second kappa shape index (κ2) is 8.39. The van der Waals surface area contributed by atoms with Crippen molar-refractivity contribution >= 4 is 17.8 Å². The van der Waals surface area contributed by atoms with Gasteiger partial charge in [0.05, 0.1) is 26.9 Å². The summed E-state index contributed by atoms with van der Waals surface area (Å²) in [7, 11) is 1.21. The summed E-state index contributed by atoms with van der Waals surface area (Å²) in [5.41, 5.74) is 1.29. The van der Waals surface area contributed by atoms with Crippen molar-refractivity contribution in [2.75, 3.05) is 33.4 Å². The lowest BCUT2D eigenvalue weighted by molar-refractivity contribution is -0.193. The van der Waals surface area contributed by atoms with Gasteiger partial charge in [0.15, 0.2) is 6.04 Å². The minimum Gasteiger partial charge on any atom is -0.467 e. The first-order valence-corrected chi connectivity index (χ1v) is 11.3. The van der Waals surface area contributed by atoms with Crippen LogP contribution in [-0.2, 0) is 29.7 Å². The van der Waals surface area contributed by atoms with E-state index in [1.54, 1.807) is 19.1 Å². The molecule has 2 heterocycles. The summed E-state index contributed by atoms with van der Waals surface area (Å²) in [5, 5.41) is 2.53. The van der Waals surface area contributed by atoms with E-state index in [0.717, 1.165) is 0 Å². The fraction of sp³-hybridized carbons (Fsp3) is 0.400. The summed E-state index contributed by atoms with van der Waals surface area (Å²) < 4.78 is 46.0. The van der Waals surface area contributed by atoms with Crippen molar-refractivity contribution in [3.63, 3.8) is 0 Å². The molecule has 2 aromatic rings. The largest absolute Gasteiger partial charge is 0.467 e. The lowest BCUT2D eigenvalue weighted by Gasteiger charge is -2.31. The van der Waals surface area contributed by atoms with Crippen molar-refractivity contribution < 1.29 is 37.4 Å². The summed E-state index contributed by atoms with van der Waals surface area (Å²) in [5.74, 6) is -6.18. The van der Waals surface area contributed by atoms with Gasteiger partial charge in [0, 0.05) is 29.7 Å². The molecule has 0 radical (unpaired) electrons. The number of benzene rings is 2. The number of likely N-dealkylation sites (tertiary alicyclic amines) is 1. The van der Waals surface area contributed by atoms with Crippen LogP contribution in [0.4, 0.5) is 8.78 Å². The van der Waals surface area contributed by atoms with Gasteiger partial charge in [-0.25, -0.2) is 4.79 Å². The van der Waals surface area contributed by atoms with Crippen LogP contribution < -0.4 is 5.32 Å². The van der Waals surface area contributed by atoms with E-state index in [9.17, 15) is 23.2 Å². The first-order valence-electron chi connectivity index (χ1n) is 11.3. The van der Waals surface area contributed by atoms with Crippen LogP contribution in [0.5, 0.6) is 0 Å². The standard InChI is InChI=1S/C25H24F2N2O6/c1-14-4-3-5-18-20(14)16-12-15(6-7-17(16)25(18,26)27)22(31)28-13-19(30)29-9-8-24(34-10-11-35-24)21(29)23(32)33-2/h3-7,12,21H,8-11,13H2,1-2H3,(H,28,31)/t21-/m1/s1. The van der Waals surface area contributed by atoms with Crippen molar-refractivity contribution in [2.24, 2.45) is 0 Å². The van der Waals surface area contributed by atoms with E-state index in [4.69, 9.17) is 14.2 Å². The minimum atomic E-state index is -3.15. The summed E-state index contributed by atoms with van der Waals surface area (Å²) >= 11 is 0. The van der Waals surface area contributed by atoms with E-state index < -0.39 is 42.1 Å². The smallest absolute Gasteiger partial charge is 0.334 e. The van der Waals surface area contributed by atoms with E-state index in [1.165, 1.54) is 36.3 Å². The average molecular weight is 486 g/mol. The SMILES string of the molecule is COC(=O)[C@H]1N(C(=O)CNC(=O)c2ccc3c(c2)-c2c(C)cccc2C3(F)F)CCC12OCCO2. The fourth-order valence-electron chi connectivity index (χ4n) is 5.20. The van der Waals surface area contributed by atoms with Gasteiger partial charge in [-0.3, -0.25) is 9.59 Å². The van der Waals surface area contributed by atoms with Crippen LogP contribution in [0.2, 0.25) is 0 Å². The summed E-state index contributed by atoms with van der Waals surface area (Å²) in [6, 6.07) is 7.62. The van der Waals surface area contributed by atoms with Crippen molar-refractivity contribution in [3.8, 4) is 11.1 Å². The normalized spacial score (nSPS) is 21.0. The molecule has 2 saturated heterocycles. The highest BCUT2D eigenvalue weighted by Gasteiger charge is 2.57. The first-order chi connectivity index (χ1) is 16.7. The maximum absolute atomic E-state index is 14.9. The van der Waals surface area contributed by atoms with Crippen molar-refractivity contribution in [3.05, 3.63) is 58.7 Å². The molecule has 8 nitrogen and oxygen atoms in total. The van der Waals surface area contributed by atoms with Crippen LogP contribution in [0, 0.1) is 6.92 Å². The summed E-state index contributed by atoms with van der Waals surface area (Å²) in [6.45, 7) is 2.13. The number of nitrogens with one attached hydrogen (secondary N) is 1. The highest BCUT2D eigenvalue weighted by Crippen LogP contribution is 2.52. The Hall–Kier alpha value is -3.37. The Morgan fingerprint density at radius 1 is 1.14 bits per heavy atom. The maximum Gasteiger partial charge on any atom is 0.334 e. The number of alkyl halides is 2. The monoisotopic (exact) mass is 486 g/mol. The lowest BCUT2D eigenvalue weighted by Crippen LogP contribution is -2.54. The summed E-state index contributed by atoms with van der Waals surface area (Å²) in [6.07, 6.45) is 0.296. The van der Waals surface area contributed by atoms with Gasteiger partial charge in [-0.2, -0.15) is 8.78 Å². The van der Waals surface area contributed by atoms with Gasteiger partial charge in [-0.15, -0.1) is 0 Å². The Morgan fingerprint density at radius 2 is 1.89 bits per heavy atom. The third kappa shape index (κ3) is 3.59. The van der Waals surface area contributed by atoms with E-state index >= 15 is 0 Å². The maximum atomic E-state index is 14.9. The van der Waals surface area contributed by atoms with Crippen molar-refractivity contribution in [1.82, 2.24) is 10.2 Å². The van der Waals surface area contributed by atoms with E-state index in [1.807, 2.05) is 0 Å². The molecule has 35 heavy (non-hydrogen) atoms. The Balaban J connectivity index is 1.33. The number of rotatable bonds is 4. The van der Waals surface area contributed by atoms with Crippen LogP contribution in [0.25, 0.3) is 11.1 Å². The fourth-order valence-corrected chi connectivity index (χ4v) is 5.20. The molecule has 2 fully saturated rings. The molecular formula is C25H24F2N2O6. The summed E-state index contributed by atoms with van der Waals surface area (Å²) in [4.78, 5) is 39.5. The molecule has 1 atom stereocenters. The zero-order valence-electron chi connectivity index (χ0n) is 19.2. The van der Waals surface area contributed by atoms with Crippen LogP contribution in [0.3, 0.4) is 0 Å². The number of nitrogens with zero attached hydrogens (tertiary/aromatic N) is 1. The molecule has 0 aromatic heterocycles. The van der Waals surface area contributed by atoms with Gasteiger partial charge in [0.25, 0.3) is 11.8 Å². The number of hydrogen-bond acceptors (Lipinski definition) is 6. The van der Waals surface area contributed by atoms with Gasteiger partial charge in [-0.05, 0) is 35.7 Å². The molecule has 3 aliphatic rings. The quantitative estimate of drug-likeness (QED) is 0.667. The molecular weight excluding hydrogens is 462 g/mol. The van der Waals surface area contributed by atoms with Crippen LogP contribution >= 0.6 is 0 Å². The molecule has 0 bridgehead atoms. The van der Waals surface area contributed by atoms with E-state index in [0.29, 0.717) is 36.3 Å². The number of carbonyl (C=O) groups is 3. The molecule has 2 aromatic carbocycles. The zero-order chi connectivity index (χ0) is 25.0. The van der Waals surface area contributed by atoms with Gasteiger partial charge in [0.1, 0.15) is 0 Å². The van der Waals surface area contributed by atoms with Gasteiger partial charge in [-0.1, -0.05) is 24.3 Å². The van der Waals surface area contributed by atoms with Crippen LogP contribution in [0.1, 0.15) is 33.5 Å². The molecule has 0 saturated carbocycles. The highest BCUT2D eigenvalue weighted by molar-refractivity contribution is 5.99. The van der Waals surface area contributed by atoms with Crippen LogP contribution in [0.15, 0.2) is 36.4 Å². The number of halogens is 2. The molecule has 1 spiro atoms. The van der Waals surface area contributed by atoms with Gasteiger partial charge >= 0.3 is 5.97 Å². The topological polar surface area (TPSA) is 94.2 Å². The van der Waals surface area contributed by atoms with Crippen LogP contribution in [-0.4, -0.2) is 67.9 Å². The average Bonchev–Trinajstić information content (AvgIpc) is 3.53. The number of methoxy groups -OCH3 is 1. The first kappa shape index (κ1) is 23.4. The molecule has 5 rings (SSSR count). The van der Waals surface area contributed by atoms with Crippen molar-refractivity contribution in [2.45, 2.75) is 31.1 Å². The molecule has 10 heteroatoms. The molecule has 1 aliphatic carbocycles. The Labute approximate surface area is 200 Å². The molecule has 184 valence electrons. The van der Waals surface area contributed by atoms with Crippen molar-refractivity contribution in [1.29, 1.82) is 0 Å². The second-order valence-electron chi connectivity index (χ2n) is 8.79. The third-order valence-corrected chi connectivity index (χ3v) is 6.85. The molecule has 2 amide bonds. The lowest BCUT2D eigenvalue weighted by atomic mass is 9.99. The highest BCUT2D eigenvalue weighted by atomic mass is 19.3. The molecule has 1 N–H and O–H groups in total. The number of hydrogen-bond donors (Lipinski definition) is 1. The van der Waals surface area contributed by atoms with Gasteiger partial charge < -0.3 is 24.4 Å². The zero-order valence-corrected chi connectivity index (χ0v) is 19.2. The predicted octanol–water partition coefficient (Wildman–Crippen LogP) is 2.36. The third-order valence-electron chi connectivity index (χ3n) is 6.85. The number of esters is 1. The number of carbonyl (C=O) groups excluding carboxylic acids is 3. The van der Waals surface area contributed by atoms with Gasteiger partial charge in [0.2, 0.25) is 11.7 Å². The molecule has 2 aliphatic heterocycles. The minimum absolute atomic E-state index is 0.0894. The number of ether oxygens (including phenoxy) is 3. The Bertz CT molecular complexity index is 1220. The number of fused-ring (bicyclic) bond motifs is 3. The van der Waals surface area contributed by atoms with E-state index in [2.05, 4.69) is 5.32 Å². The number of amides is 2.